The Morgan fingerprint density at radius 2 is 1.69 bits per heavy atom. The third-order valence-corrected chi connectivity index (χ3v) is 2.76. The highest BCUT2D eigenvalue weighted by Gasteiger charge is 2.05. The normalized spacial score (nSPS) is 10.2. The maximum absolute atomic E-state index is 6.01. The Morgan fingerprint density at radius 1 is 0.938 bits per heavy atom. The van der Waals surface area contributed by atoms with Gasteiger partial charge in [-0.15, -0.1) is 0 Å². The molecule has 0 aliphatic carbocycles. The van der Waals surface area contributed by atoms with Crippen molar-refractivity contribution >= 4 is 17.3 Å². The molecule has 0 atom stereocenters. The maximum atomic E-state index is 6.01. The van der Waals surface area contributed by atoms with Crippen molar-refractivity contribution < 1.29 is 0 Å². The summed E-state index contributed by atoms with van der Waals surface area (Å²) in [6.45, 7) is 0. The van der Waals surface area contributed by atoms with E-state index < -0.39 is 0 Å². The van der Waals surface area contributed by atoms with Crippen LogP contribution in [0.5, 0.6) is 0 Å². The van der Waals surface area contributed by atoms with Gasteiger partial charge in [-0.2, -0.15) is 0 Å². The van der Waals surface area contributed by atoms with Gasteiger partial charge in [-0.25, -0.2) is 0 Å². The lowest BCUT2D eigenvalue weighted by Crippen LogP contribution is -2.09. The van der Waals surface area contributed by atoms with Gasteiger partial charge in [-0.3, -0.25) is 0 Å². The molecular weight excluding hydrogens is 218 g/mol. The van der Waals surface area contributed by atoms with E-state index in [0.29, 0.717) is 0 Å². The molecule has 82 valence electrons. The first-order valence-corrected chi connectivity index (χ1v) is 5.58. The molecule has 2 rings (SSSR count). The first-order valence-electron chi connectivity index (χ1n) is 5.21. The second-order valence-corrected chi connectivity index (χ2v) is 4.36. The van der Waals surface area contributed by atoms with E-state index in [2.05, 4.69) is 23.1 Å². The predicted octanol–water partition coefficient (Wildman–Crippen LogP) is 4.07. The Bertz CT molecular complexity index is 492. The molecule has 0 amide bonds. The highest BCUT2D eigenvalue weighted by atomic mass is 35.5. The molecule has 0 saturated carbocycles. The molecule has 0 spiro atoms. The largest absolute Gasteiger partial charge is 0.377 e. The van der Waals surface area contributed by atoms with E-state index in [0.717, 1.165) is 10.6 Å². The highest BCUT2D eigenvalue weighted by molar-refractivity contribution is 6.30. The summed E-state index contributed by atoms with van der Waals surface area (Å²) in [5.41, 5.74) is 3.55. The summed E-state index contributed by atoms with van der Waals surface area (Å²) in [6, 6.07) is 16.2. The van der Waals surface area contributed by atoms with Gasteiger partial charge in [0.05, 0.1) is 0 Å². The molecule has 0 aliphatic heterocycles. The third-order valence-electron chi connectivity index (χ3n) is 2.52. The van der Waals surface area contributed by atoms with Crippen LogP contribution < -0.4 is 4.90 Å². The summed E-state index contributed by atoms with van der Waals surface area (Å²) in [6.07, 6.45) is 0. The summed E-state index contributed by atoms with van der Waals surface area (Å²) >= 11 is 6.01. The van der Waals surface area contributed by atoms with E-state index in [9.17, 15) is 0 Å². The van der Waals surface area contributed by atoms with E-state index in [1.807, 2.05) is 44.4 Å². The Labute approximate surface area is 101 Å². The first kappa shape index (κ1) is 11.0. The average molecular weight is 232 g/mol. The topological polar surface area (TPSA) is 3.24 Å². The molecule has 0 unspecified atom stereocenters. The monoisotopic (exact) mass is 231 g/mol. The van der Waals surface area contributed by atoms with Crippen molar-refractivity contribution in [2.24, 2.45) is 0 Å². The van der Waals surface area contributed by atoms with Crippen LogP contribution in [0.4, 0.5) is 5.69 Å². The van der Waals surface area contributed by atoms with Crippen molar-refractivity contribution in [3.63, 3.8) is 0 Å². The number of para-hydroxylation sites is 1. The number of hydrogen-bond donors (Lipinski definition) is 0. The molecule has 0 saturated heterocycles. The molecular formula is C14H14ClN. The van der Waals surface area contributed by atoms with Gasteiger partial charge in [-0.05, 0) is 23.8 Å². The number of benzene rings is 2. The first-order chi connectivity index (χ1) is 7.68. The van der Waals surface area contributed by atoms with Gasteiger partial charge in [0.1, 0.15) is 0 Å². The number of hydrogen-bond acceptors (Lipinski definition) is 1. The van der Waals surface area contributed by atoms with Crippen molar-refractivity contribution in [3.8, 4) is 11.1 Å². The Morgan fingerprint density at radius 3 is 2.38 bits per heavy atom. The van der Waals surface area contributed by atoms with Gasteiger partial charge in [0.2, 0.25) is 0 Å². The zero-order valence-corrected chi connectivity index (χ0v) is 10.2. The van der Waals surface area contributed by atoms with E-state index in [-0.39, 0.29) is 0 Å². The maximum Gasteiger partial charge on any atom is 0.0440 e. The average Bonchev–Trinajstić information content (AvgIpc) is 2.29. The molecule has 2 aromatic rings. The smallest absolute Gasteiger partial charge is 0.0440 e. The van der Waals surface area contributed by atoms with Crippen LogP contribution >= 0.6 is 11.6 Å². The minimum atomic E-state index is 0.769. The molecule has 0 bridgehead atoms. The molecule has 0 heterocycles. The van der Waals surface area contributed by atoms with E-state index >= 15 is 0 Å². The van der Waals surface area contributed by atoms with Crippen molar-refractivity contribution in [3.05, 3.63) is 53.6 Å². The van der Waals surface area contributed by atoms with E-state index in [4.69, 9.17) is 11.6 Å². The number of rotatable bonds is 2. The second kappa shape index (κ2) is 4.58. The van der Waals surface area contributed by atoms with Crippen LogP contribution in [0.1, 0.15) is 0 Å². The van der Waals surface area contributed by atoms with E-state index in [1.165, 1.54) is 11.3 Å². The number of anilines is 1. The molecule has 1 nitrogen and oxygen atoms in total. The van der Waals surface area contributed by atoms with Crippen LogP contribution in [0.3, 0.4) is 0 Å². The van der Waals surface area contributed by atoms with Crippen LogP contribution in [0, 0.1) is 0 Å². The molecule has 0 aliphatic rings. The summed E-state index contributed by atoms with van der Waals surface area (Å²) in [5.74, 6) is 0. The van der Waals surface area contributed by atoms with Crippen LogP contribution in [-0.2, 0) is 0 Å². The van der Waals surface area contributed by atoms with Crippen molar-refractivity contribution in [1.82, 2.24) is 0 Å². The van der Waals surface area contributed by atoms with Crippen LogP contribution in [-0.4, -0.2) is 14.1 Å². The summed E-state index contributed by atoms with van der Waals surface area (Å²) in [4.78, 5) is 2.11. The molecule has 0 N–H and O–H groups in total. The fourth-order valence-electron chi connectivity index (χ4n) is 1.76. The fraction of sp³-hybridized carbons (Fsp3) is 0.143. The number of nitrogens with zero attached hydrogens (tertiary/aromatic N) is 1. The quantitative estimate of drug-likeness (QED) is 0.753. The predicted molar refractivity (Wildman–Crippen MR) is 71.2 cm³/mol. The summed E-state index contributed by atoms with van der Waals surface area (Å²) < 4.78 is 0. The van der Waals surface area contributed by atoms with E-state index in [1.54, 1.807) is 0 Å². The molecule has 0 aromatic heterocycles. The van der Waals surface area contributed by atoms with Gasteiger partial charge in [-0.1, -0.05) is 41.9 Å². The van der Waals surface area contributed by atoms with Gasteiger partial charge in [0.25, 0.3) is 0 Å². The summed E-state index contributed by atoms with van der Waals surface area (Å²) in [7, 11) is 4.09. The van der Waals surface area contributed by atoms with Gasteiger partial charge < -0.3 is 4.90 Å². The molecule has 2 heteroatoms. The lowest BCUT2D eigenvalue weighted by molar-refractivity contribution is 1.13. The minimum absolute atomic E-state index is 0.769. The second-order valence-electron chi connectivity index (χ2n) is 3.92. The van der Waals surface area contributed by atoms with Crippen LogP contribution in [0.15, 0.2) is 48.5 Å². The molecule has 16 heavy (non-hydrogen) atoms. The highest BCUT2D eigenvalue weighted by Crippen LogP contribution is 2.30. The van der Waals surface area contributed by atoms with Gasteiger partial charge in [0, 0.05) is 30.4 Å². The Balaban J connectivity index is 2.55. The van der Waals surface area contributed by atoms with Crippen molar-refractivity contribution in [1.29, 1.82) is 0 Å². The molecule has 0 fully saturated rings. The third kappa shape index (κ3) is 2.20. The molecule has 0 radical (unpaired) electrons. The SMILES string of the molecule is CN(C)c1ccccc1-c1cccc(Cl)c1. The Hall–Kier alpha value is -1.47. The zero-order valence-electron chi connectivity index (χ0n) is 9.44. The fourth-order valence-corrected chi connectivity index (χ4v) is 1.95. The van der Waals surface area contributed by atoms with Crippen molar-refractivity contribution in [2.45, 2.75) is 0 Å². The molecule has 2 aromatic carbocycles. The lowest BCUT2D eigenvalue weighted by atomic mass is 10.0. The lowest BCUT2D eigenvalue weighted by Gasteiger charge is -2.17. The van der Waals surface area contributed by atoms with Gasteiger partial charge in [0.15, 0.2) is 0 Å². The van der Waals surface area contributed by atoms with Crippen LogP contribution in [0.2, 0.25) is 5.02 Å². The zero-order chi connectivity index (χ0) is 11.5. The standard InChI is InChI=1S/C14H14ClN/c1-16(2)14-9-4-3-8-13(14)11-6-5-7-12(15)10-11/h3-10H,1-2H3. The Kier molecular flexibility index (Phi) is 3.16. The minimum Gasteiger partial charge on any atom is -0.377 e. The van der Waals surface area contributed by atoms with Crippen molar-refractivity contribution in [2.75, 3.05) is 19.0 Å². The summed E-state index contributed by atoms with van der Waals surface area (Å²) in [5, 5.41) is 0.769. The van der Waals surface area contributed by atoms with Crippen LogP contribution in [0.25, 0.3) is 11.1 Å². The van der Waals surface area contributed by atoms with Gasteiger partial charge >= 0.3 is 0 Å². The number of halogens is 1.